The Morgan fingerprint density at radius 3 is 2.62 bits per heavy atom. The molecule has 0 aliphatic heterocycles. The number of amidine groups is 1. The van der Waals surface area contributed by atoms with E-state index in [2.05, 4.69) is 6.19 Å². The van der Waals surface area contributed by atoms with Crippen molar-refractivity contribution in [3.05, 3.63) is 29.8 Å². The molecular formula is C18H21F2N3O. The number of fused-ring (bicyclic) bond motifs is 2. The molecule has 2 aliphatic rings. The van der Waals surface area contributed by atoms with E-state index in [-0.39, 0.29) is 17.6 Å². The summed E-state index contributed by atoms with van der Waals surface area (Å²) in [6.07, 6.45) is 6.45. The number of rotatable bonds is 4. The molecule has 2 fully saturated rings. The zero-order valence-electron chi connectivity index (χ0n) is 13.9. The van der Waals surface area contributed by atoms with Crippen LogP contribution in [0.2, 0.25) is 0 Å². The van der Waals surface area contributed by atoms with E-state index in [0.717, 1.165) is 31.4 Å². The van der Waals surface area contributed by atoms with Crippen molar-refractivity contribution in [2.75, 3.05) is 0 Å². The lowest BCUT2D eigenvalue weighted by atomic mass is 9.93. The van der Waals surface area contributed by atoms with Crippen LogP contribution >= 0.6 is 0 Å². The second-order valence-electron chi connectivity index (χ2n) is 7.25. The Morgan fingerprint density at radius 2 is 2.08 bits per heavy atom. The molecule has 1 N–H and O–H groups in total. The van der Waals surface area contributed by atoms with Gasteiger partial charge in [-0.1, -0.05) is 6.42 Å². The van der Waals surface area contributed by atoms with E-state index < -0.39 is 17.2 Å². The van der Waals surface area contributed by atoms with E-state index in [4.69, 9.17) is 10.1 Å². The summed E-state index contributed by atoms with van der Waals surface area (Å²) in [5, 5.41) is 18.0. The normalized spacial score (nSPS) is 25.4. The Morgan fingerprint density at radius 1 is 1.33 bits per heavy atom. The zero-order chi connectivity index (χ0) is 17.5. The molecular weight excluding hydrogens is 312 g/mol. The highest BCUT2D eigenvalue weighted by Gasteiger charge is 2.46. The van der Waals surface area contributed by atoms with E-state index in [1.165, 1.54) is 17.4 Å². The molecule has 0 aromatic heterocycles. The predicted molar refractivity (Wildman–Crippen MR) is 85.5 cm³/mol. The number of nitriles is 1. The van der Waals surface area contributed by atoms with Gasteiger partial charge in [-0.05, 0) is 57.1 Å². The first-order valence-electron chi connectivity index (χ1n) is 8.24. The van der Waals surface area contributed by atoms with E-state index in [9.17, 15) is 14.0 Å². The van der Waals surface area contributed by atoms with Crippen LogP contribution in [0.1, 0.15) is 39.5 Å². The molecule has 128 valence electrons. The molecule has 3 rings (SSSR count). The number of hydrogen-bond donors (Lipinski definition) is 1. The number of hydrogen-bond acceptors (Lipinski definition) is 3. The lowest BCUT2D eigenvalue weighted by molar-refractivity contribution is 0.149. The van der Waals surface area contributed by atoms with Crippen molar-refractivity contribution < 1.29 is 13.5 Å². The molecule has 0 saturated heterocycles. The number of halogens is 2. The molecule has 2 bridgehead atoms. The van der Waals surface area contributed by atoms with Gasteiger partial charge in [0.25, 0.3) is 0 Å². The molecule has 0 unspecified atom stereocenters. The predicted octanol–water partition coefficient (Wildman–Crippen LogP) is 4.07. The smallest absolute Gasteiger partial charge is 0.185 e. The molecule has 3 atom stereocenters. The lowest BCUT2D eigenvalue weighted by Gasteiger charge is -2.36. The Kier molecular flexibility index (Phi) is 4.20. The number of benzene rings is 1. The molecule has 0 spiro atoms. The fourth-order valence-corrected chi connectivity index (χ4v) is 3.99. The largest absolute Gasteiger partial charge is 0.477 e. The van der Waals surface area contributed by atoms with Crippen LogP contribution in [0.4, 0.5) is 8.78 Å². The van der Waals surface area contributed by atoms with Gasteiger partial charge in [-0.25, -0.2) is 8.78 Å². The highest BCUT2D eigenvalue weighted by molar-refractivity contribution is 5.89. The van der Waals surface area contributed by atoms with Crippen LogP contribution < -0.4 is 4.74 Å². The maximum absolute atomic E-state index is 13.8. The maximum atomic E-state index is 13.8. The van der Waals surface area contributed by atoms with E-state index >= 15 is 0 Å². The summed E-state index contributed by atoms with van der Waals surface area (Å²) < 4.78 is 32.5. The molecule has 1 aromatic carbocycles. The van der Waals surface area contributed by atoms with Gasteiger partial charge in [0, 0.05) is 12.1 Å². The quantitative estimate of drug-likeness (QED) is 0.391. The molecule has 4 nitrogen and oxygen atoms in total. The van der Waals surface area contributed by atoms with Gasteiger partial charge in [0.05, 0.1) is 0 Å². The van der Waals surface area contributed by atoms with Crippen LogP contribution in [0.15, 0.2) is 18.2 Å². The average Bonchev–Trinajstić information content (AvgIpc) is 3.14. The average molecular weight is 333 g/mol. The molecule has 6 heteroatoms. The first-order chi connectivity index (χ1) is 11.3. The van der Waals surface area contributed by atoms with E-state index in [1.807, 2.05) is 0 Å². The molecule has 0 heterocycles. The van der Waals surface area contributed by atoms with Gasteiger partial charge in [-0.2, -0.15) is 5.26 Å². The minimum atomic E-state index is -1.20. The third-order valence-corrected chi connectivity index (χ3v) is 5.21. The van der Waals surface area contributed by atoms with E-state index in [0.29, 0.717) is 11.8 Å². The minimum Gasteiger partial charge on any atom is -0.477 e. The van der Waals surface area contributed by atoms with Crippen LogP contribution in [0, 0.1) is 40.3 Å². The summed E-state index contributed by atoms with van der Waals surface area (Å²) in [5.41, 5.74) is -1.20. The summed E-state index contributed by atoms with van der Waals surface area (Å²) >= 11 is 0. The molecule has 1 aromatic rings. The van der Waals surface area contributed by atoms with Crippen molar-refractivity contribution in [2.45, 2.75) is 51.2 Å². The monoisotopic (exact) mass is 333 g/mol. The number of ether oxygens (including phenoxy) is 1. The van der Waals surface area contributed by atoms with Gasteiger partial charge >= 0.3 is 0 Å². The van der Waals surface area contributed by atoms with Crippen molar-refractivity contribution in [1.82, 2.24) is 4.90 Å². The molecule has 2 saturated carbocycles. The second kappa shape index (κ2) is 6.04. The van der Waals surface area contributed by atoms with Crippen molar-refractivity contribution in [3.8, 4) is 11.9 Å². The highest BCUT2D eigenvalue weighted by Crippen LogP contribution is 2.47. The van der Waals surface area contributed by atoms with E-state index in [1.54, 1.807) is 13.8 Å². The zero-order valence-corrected chi connectivity index (χ0v) is 13.9. The fourth-order valence-electron chi connectivity index (χ4n) is 3.99. The van der Waals surface area contributed by atoms with Gasteiger partial charge in [-0.3, -0.25) is 10.3 Å². The summed E-state index contributed by atoms with van der Waals surface area (Å²) in [6, 6.07) is 3.08. The Balaban J connectivity index is 1.77. The highest BCUT2D eigenvalue weighted by atomic mass is 19.1. The van der Waals surface area contributed by atoms with Crippen LogP contribution in [0.25, 0.3) is 0 Å². The van der Waals surface area contributed by atoms with Crippen molar-refractivity contribution in [2.24, 2.45) is 11.8 Å². The van der Waals surface area contributed by atoms with Crippen molar-refractivity contribution in [3.63, 3.8) is 0 Å². The van der Waals surface area contributed by atoms with Crippen molar-refractivity contribution in [1.29, 1.82) is 10.7 Å². The van der Waals surface area contributed by atoms with Gasteiger partial charge < -0.3 is 4.74 Å². The van der Waals surface area contributed by atoms with Gasteiger partial charge in [0.1, 0.15) is 5.82 Å². The fraction of sp³-hybridized carbons (Fsp3) is 0.556. The molecule has 24 heavy (non-hydrogen) atoms. The summed E-state index contributed by atoms with van der Waals surface area (Å²) in [4.78, 5) is 1.42. The lowest BCUT2D eigenvalue weighted by Crippen LogP contribution is -2.51. The summed E-state index contributed by atoms with van der Waals surface area (Å²) in [6.45, 7) is 3.24. The van der Waals surface area contributed by atoms with Gasteiger partial charge in [0.15, 0.2) is 29.2 Å². The summed E-state index contributed by atoms with van der Waals surface area (Å²) in [7, 11) is 0. The standard InChI is InChI=1S/C18H21F2N3O/c1-18(2,24-16-6-5-13(19)9-14(16)20)17(22)23(10-21)15-8-11-3-4-12(15)7-11/h5-6,9,11-12,15,22H,3-4,7-8H2,1-2H3/t11-,12+,15+/m1/s1. The third kappa shape index (κ3) is 2.95. The van der Waals surface area contributed by atoms with Crippen LogP contribution in [0.5, 0.6) is 5.75 Å². The topological polar surface area (TPSA) is 60.1 Å². The van der Waals surface area contributed by atoms with Gasteiger partial charge in [-0.15, -0.1) is 0 Å². The number of nitrogens with zero attached hydrogens (tertiary/aromatic N) is 2. The SMILES string of the molecule is CC(C)(Oc1ccc(F)cc1F)C(=N)N(C#N)[C@H]1C[C@@H]2CC[C@H]1C2. The van der Waals surface area contributed by atoms with Crippen LogP contribution in [-0.4, -0.2) is 22.4 Å². The Bertz CT molecular complexity index is 698. The molecule has 0 radical (unpaired) electrons. The minimum absolute atomic E-state index is 0.00581. The Hall–Kier alpha value is -2.16. The first-order valence-corrected chi connectivity index (χ1v) is 8.24. The van der Waals surface area contributed by atoms with Gasteiger partial charge in [0.2, 0.25) is 0 Å². The van der Waals surface area contributed by atoms with Crippen LogP contribution in [0.3, 0.4) is 0 Å². The third-order valence-electron chi connectivity index (χ3n) is 5.21. The molecule has 0 amide bonds. The number of nitrogens with one attached hydrogen (secondary N) is 1. The molecule has 2 aliphatic carbocycles. The second-order valence-corrected chi connectivity index (χ2v) is 7.25. The maximum Gasteiger partial charge on any atom is 0.185 e. The Labute approximate surface area is 140 Å². The van der Waals surface area contributed by atoms with Crippen LogP contribution in [-0.2, 0) is 0 Å². The first kappa shape index (κ1) is 16.7. The van der Waals surface area contributed by atoms with Crippen molar-refractivity contribution >= 4 is 5.84 Å². The summed E-state index contributed by atoms with van der Waals surface area (Å²) in [5.74, 6) is -0.550.